The molecule has 0 aliphatic heterocycles. The maximum absolute atomic E-state index is 12.0. The topological polar surface area (TPSA) is 74.0 Å². The number of methoxy groups -OCH3 is 1. The van der Waals surface area contributed by atoms with Crippen LogP contribution >= 0.6 is 0 Å². The molecule has 4 rings (SSSR count). The van der Waals surface area contributed by atoms with Crippen molar-refractivity contribution in [2.75, 3.05) is 19.1 Å². The fourth-order valence-corrected chi connectivity index (χ4v) is 4.26. The number of aromatic amines is 2. The molecule has 1 aliphatic carbocycles. The maximum atomic E-state index is 12.0. The zero-order valence-electron chi connectivity index (χ0n) is 17.2. The lowest BCUT2D eigenvalue weighted by Gasteiger charge is -2.37. The Morgan fingerprint density at radius 3 is 2.86 bits per heavy atom. The number of amides is 1. The van der Waals surface area contributed by atoms with E-state index < -0.39 is 0 Å². The fourth-order valence-electron chi connectivity index (χ4n) is 4.26. The number of rotatable bonds is 4. The van der Waals surface area contributed by atoms with Crippen molar-refractivity contribution in [2.24, 2.45) is 5.41 Å². The summed E-state index contributed by atoms with van der Waals surface area (Å²) in [6.07, 6.45) is 2.42. The van der Waals surface area contributed by atoms with Gasteiger partial charge < -0.3 is 14.6 Å². The lowest BCUT2D eigenvalue weighted by atomic mass is 9.73. The minimum Gasteiger partial charge on any atom is -0.381 e. The van der Waals surface area contributed by atoms with Crippen molar-refractivity contribution in [1.29, 1.82) is 0 Å². The number of H-pyrrole nitrogens is 2. The number of aromatic nitrogens is 3. The molecule has 0 fully saturated rings. The van der Waals surface area contributed by atoms with Gasteiger partial charge in [-0.3, -0.25) is 9.89 Å². The Labute approximate surface area is 165 Å². The summed E-state index contributed by atoms with van der Waals surface area (Å²) >= 11 is 0. The molecule has 3 aromatic rings. The molecule has 0 radical (unpaired) electrons. The highest BCUT2D eigenvalue weighted by Crippen LogP contribution is 2.39. The normalized spacial score (nSPS) is 18.2. The molecule has 2 aromatic heterocycles. The molecule has 6 nitrogen and oxygen atoms in total. The molecule has 1 aromatic carbocycles. The van der Waals surface area contributed by atoms with Crippen LogP contribution in [0.1, 0.15) is 38.4 Å². The fraction of sp³-hybridized carbons (Fsp3) is 0.455. The molecule has 28 heavy (non-hydrogen) atoms. The number of hydrogen-bond donors (Lipinski definition) is 2. The Morgan fingerprint density at radius 1 is 1.36 bits per heavy atom. The van der Waals surface area contributed by atoms with E-state index in [1.807, 2.05) is 32.2 Å². The first-order valence-electron chi connectivity index (χ1n) is 9.82. The van der Waals surface area contributed by atoms with Crippen LogP contribution < -0.4 is 4.90 Å². The molecule has 2 N–H and O–H groups in total. The third-order valence-corrected chi connectivity index (χ3v) is 6.06. The van der Waals surface area contributed by atoms with E-state index in [0.717, 1.165) is 40.8 Å². The predicted molar refractivity (Wildman–Crippen MR) is 112 cm³/mol. The minimum absolute atomic E-state index is 0.0807. The van der Waals surface area contributed by atoms with Gasteiger partial charge in [0.2, 0.25) is 5.91 Å². The molecule has 0 spiro atoms. The summed E-state index contributed by atoms with van der Waals surface area (Å²) in [6, 6.07) is 8.17. The first kappa shape index (κ1) is 18.7. The van der Waals surface area contributed by atoms with Crippen LogP contribution in [-0.2, 0) is 22.4 Å². The van der Waals surface area contributed by atoms with Crippen molar-refractivity contribution in [3.8, 4) is 11.4 Å². The number of benzene rings is 1. The molecule has 0 saturated heterocycles. The average Bonchev–Trinajstić information content (AvgIpc) is 3.27. The Hall–Kier alpha value is -2.60. The summed E-state index contributed by atoms with van der Waals surface area (Å²) in [4.78, 5) is 17.2. The molecule has 1 atom stereocenters. The van der Waals surface area contributed by atoms with Gasteiger partial charge in [-0.2, -0.15) is 5.10 Å². The van der Waals surface area contributed by atoms with Gasteiger partial charge in [0.1, 0.15) is 5.69 Å². The summed E-state index contributed by atoms with van der Waals surface area (Å²) in [7, 11) is 3.60. The smallest absolute Gasteiger partial charge is 0.226 e. The highest BCUT2D eigenvalue weighted by atomic mass is 16.5. The van der Waals surface area contributed by atoms with Crippen LogP contribution in [0.3, 0.4) is 0 Å². The second-order valence-corrected chi connectivity index (χ2v) is 8.38. The summed E-state index contributed by atoms with van der Waals surface area (Å²) in [5.41, 5.74) is 6.35. The van der Waals surface area contributed by atoms with Crippen molar-refractivity contribution in [3.63, 3.8) is 0 Å². The van der Waals surface area contributed by atoms with E-state index in [1.165, 1.54) is 11.3 Å². The number of carbonyl (C=O) groups excluding carboxylic acids is 1. The van der Waals surface area contributed by atoms with Gasteiger partial charge in [0.05, 0.1) is 11.8 Å². The van der Waals surface area contributed by atoms with E-state index in [1.54, 1.807) is 12.0 Å². The van der Waals surface area contributed by atoms with E-state index in [2.05, 4.69) is 35.1 Å². The highest BCUT2D eigenvalue weighted by molar-refractivity contribution is 5.96. The molecule has 2 heterocycles. The summed E-state index contributed by atoms with van der Waals surface area (Å²) in [5, 5.41) is 8.97. The van der Waals surface area contributed by atoms with Crippen LogP contribution in [0.15, 0.2) is 24.3 Å². The van der Waals surface area contributed by atoms with Crippen LogP contribution in [0, 0.1) is 5.41 Å². The number of hydrogen-bond acceptors (Lipinski definition) is 3. The van der Waals surface area contributed by atoms with E-state index in [4.69, 9.17) is 4.74 Å². The monoisotopic (exact) mass is 380 g/mol. The van der Waals surface area contributed by atoms with Crippen molar-refractivity contribution >= 4 is 22.5 Å². The SMILES string of the molecule is CCC(=O)N(C)c1ccc2cc(-c3n[nH]c4c3CC(OC)C(C)(C)C4)[nH]c2c1. The first-order chi connectivity index (χ1) is 13.3. The van der Waals surface area contributed by atoms with Gasteiger partial charge in [-0.25, -0.2) is 0 Å². The van der Waals surface area contributed by atoms with Gasteiger partial charge in [-0.15, -0.1) is 0 Å². The second kappa shape index (κ2) is 6.78. The van der Waals surface area contributed by atoms with Crippen molar-refractivity contribution in [1.82, 2.24) is 15.2 Å². The van der Waals surface area contributed by atoms with Gasteiger partial charge in [0, 0.05) is 54.8 Å². The van der Waals surface area contributed by atoms with Crippen LogP contribution in [0.25, 0.3) is 22.3 Å². The molecule has 6 heteroatoms. The molecule has 148 valence electrons. The van der Waals surface area contributed by atoms with Crippen molar-refractivity contribution < 1.29 is 9.53 Å². The third kappa shape index (κ3) is 3.02. The Balaban J connectivity index is 1.72. The van der Waals surface area contributed by atoms with Crippen LogP contribution in [0.5, 0.6) is 0 Å². The molecular formula is C22H28N4O2. The Morgan fingerprint density at radius 2 is 2.14 bits per heavy atom. The van der Waals surface area contributed by atoms with Crippen molar-refractivity contribution in [2.45, 2.75) is 46.1 Å². The van der Waals surface area contributed by atoms with Gasteiger partial charge >= 0.3 is 0 Å². The van der Waals surface area contributed by atoms with Crippen LogP contribution in [0.2, 0.25) is 0 Å². The molecule has 1 unspecified atom stereocenters. The Kier molecular flexibility index (Phi) is 4.54. The summed E-state index contributed by atoms with van der Waals surface area (Å²) < 4.78 is 5.77. The molecule has 0 bridgehead atoms. The molecule has 1 aliphatic rings. The number of fused-ring (bicyclic) bond motifs is 2. The maximum Gasteiger partial charge on any atom is 0.226 e. The van der Waals surface area contributed by atoms with Crippen LogP contribution in [-0.4, -0.2) is 41.3 Å². The lowest BCUT2D eigenvalue weighted by Crippen LogP contribution is -2.38. The summed E-state index contributed by atoms with van der Waals surface area (Å²) in [6.45, 7) is 6.35. The zero-order chi connectivity index (χ0) is 20.1. The first-order valence-corrected chi connectivity index (χ1v) is 9.82. The van der Waals surface area contributed by atoms with E-state index >= 15 is 0 Å². The largest absolute Gasteiger partial charge is 0.381 e. The second-order valence-electron chi connectivity index (χ2n) is 8.38. The summed E-state index contributed by atoms with van der Waals surface area (Å²) in [5.74, 6) is 0.0979. The number of anilines is 1. The molecule has 1 amide bonds. The standard InChI is InChI=1S/C22H28N4O2/c1-6-20(27)26(4)14-8-7-13-9-17(23-16(13)10-14)21-15-11-19(28-5)22(2,3)12-18(15)24-25-21/h7-10,19,23H,6,11-12H2,1-5H3,(H,24,25). The molecule has 0 saturated carbocycles. The number of nitrogens with one attached hydrogen (secondary N) is 2. The number of carbonyl (C=O) groups is 1. The van der Waals surface area contributed by atoms with E-state index in [0.29, 0.717) is 6.42 Å². The van der Waals surface area contributed by atoms with Gasteiger partial charge in [-0.1, -0.05) is 26.8 Å². The average molecular weight is 380 g/mol. The van der Waals surface area contributed by atoms with Gasteiger partial charge in [-0.05, 0) is 30.0 Å². The van der Waals surface area contributed by atoms with Gasteiger partial charge in [0.15, 0.2) is 0 Å². The van der Waals surface area contributed by atoms with Crippen LogP contribution in [0.4, 0.5) is 5.69 Å². The third-order valence-electron chi connectivity index (χ3n) is 6.06. The van der Waals surface area contributed by atoms with Gasteiger partial charge in [0.25, 0.3) is 0 Å². The predicted octanol–water partition coefficient (Wildman–Crippen LogP) is 4.07. The molecular weight excluding hydrogens is 352 g/mol. The van der Waals surface area contributed by atoms with E-state index in [9.17, 15) is 4.79 Å². The number of nitrogens with zero attached hydrogens (tertiary/aromatic N) is 2. The minimum atomic E-state index is 0.0807. The Bertz CT molecular complexity index is 1030. The van der Waals surface area contributed by atoms with E-state index in [-0.39, 0.29) is 17.4 Å². The quantitative estimate of drug-likeness (QED) is 0.716. The van der Waals surface area contributed by atoms with Crippen molar-refractivity contribution in [3.05, 3.63) is 35.5 Å². The lowest BCUT2D eigenvalue weighted by molar-refractivity contribution is -0.118. The number of ether oxygens (including phenoxy) is 1. The zero-order valence-corrected chi connectivity index (χ0v) is 17.2. The highest BCUT2D eigenvalue weighted by Gasteiger charge is 2.38.